The maximum absolute atomic E-state index is 13.0. The van der Waals surface area contributed by atoms with E-state index < -0.39 is 0 Å². The number of hydrogen-bond donors (Lipinski definition) is 2. The molecule has 32 heavy (non-hydrogen) atoms. The number of rotatable bonds is 11. The van der Waals surface area contributed by atoms with Crippen molar-refractivity contribution in [2.45, 2.75) is 65.3 Å². The first kappa shape index (κ1) is 23.1. The van der Waals surface area contributed by atoms with Crippen molar-refractivity contribution in [2.24, 2.45) is 11.3 Å². The Bertz CT molecular complexity index is 980. The van der Waals surface area contributed by atoms with Gasteiger partial charge in [-0.25, -0.2) is 0 Å². The van der Waals surface area contributed by atoms with E-state index in [4.69, 9.17) is 14.6 Å². The van der Waals surface area contributed by atoms with Gasteiger partial charge in [0.05, 0.1) is 18.6 Å². The number of carbonyl (C=O) groups is 1. The molecular formula is C26H35NO4S. The van der Waals surface area contributed by atoms with Crippen molar-refractivity contribution >= 4 is 17.2 Å². The average molecular weight is 458 g/mol. The van der Waals surface area contributed by atoms with Gasteiger partial charge < -0.3 is 19.9 Å². The molecule has 2 aliphatic rings. The van der Waals surface area contributed by atoms with Gasteiger partial charge in [-0.2, -0.15) is 0 Å². The first-order chi connectivity index (χ1) is 15.4. The zero-order valence-electron chi connectivity index (χ0n) is 19.6. The molecular weight excluding hydrogens is 422 g/mol. The molecule has 0 saturated heterocycles. The number of amides is 1. The highest BCUT2D eigenvalue weighted by Gasteiger charge is 2.63. The van der Waals surface area contributed by atoms with Crippen LogP contribution in [0.2, 0.25) is 0 Å². The van der Waals surface area contributed by atoms with E-state index in [9.17, 15) is 4.79 Å². The highest BCUT2D eigenvalue weighted by Crippen LogP contribution is 2.71. The third kappa shape index (κ3) is 4.40. The smallest absolute Gasteiger partial charge is 0.261 e. The molecule has 2 aliphatic carbocycles. The normalized spacial score (nSPS) is 19.9. The van der Waals surface area contributed by atoms with Crippen LogP contribution in [-0.2, 0) is 13.0 Å². The standard InChI is InChI=1S/C26H35NO4S/c1-16-22-19(14-20-23(22)26(20,2)3)24(32-16)25(29)27-15-17-9-10-18(13-21(17)30-4)31-12-8-6-5-7-11-28/h9-10,13,20,23,28H,5-8,11-12,14-15H2,1-4H3,(H,27,29)/t20-,23-/m1/s1. The summed E-state index contributed by atoms with van der Waals surface area (Å²) in [7, 11) is 1.64. The SMILES string of the molecule is COc1cc(OCCCCCCO)ccc1CNC(=O)c1sc(C)c2c1C[C@@H]1[C@H]2C1(C)C. The van der Waals surface area contributed by atoms with Crippen LogP contribution in [0.3, 0.4) is 0 Å². The Balaban J connectivity index is 1.34. The number of aryl methyl sites for hydroxylation is 1. The minimum Gasteiger partial charge on any atom is -0.496 e. The molecule has 1 heterocycles. The van der Waals surface area contributed by atoms with Gasteiger partial charge in [0, 0.05) is 29.7 Å². The average Bonchev–Trinajstić information content (AvgIpc) is 3.10. The fraction of sp³-hybridized carbons (Fsp3) is 0.577. The molecule has 4 rings (SSSR count). The summed E-state index contributed by atoms with van der Waals surface area (Å²) >= 11 is 1.64. The lowest BCUT2D eigenvalue weighted by atomic mass is 9.95. The predicted octanol–water partition coefficient (Wildman–Crippen LogP) is 5.22. The van der Waals surface area contributed by atoms with Gasteiger partial charge in [-0.05, 0) is 73.1 Å². The van der Waals surface area contributed by atoms with E-state index in [-0.39, 0.29) is 12.5 Å². The Morgan fingerprint density at radius 2 is 2.03 bits per heavy atom. The second-order valence-corrected chi connectivity index (χ2v) is 10.9. The molecule has 0 bridgehead atoms. The quantitative estimate of drug-likeness (QED) is 0.454. The summed E-state index contributed by atoms with van der Waals surface area (Å²) < 4.78 is 11.4. The van der Waals surface area contributed by atoms with Crippen molar-refractivity contribution < 1.29 is 19.4 Å². The Hall–Kier alpha value is -2.05. The van der Waals surface area contributed by atoms with Crippen LogP contribution in [0.15, 0.2) is 18.2 Å². The zero-order valence-corrected chi connectivity index (χ0v) is 20.4. The van der Waals surface area contributed by atoms with Gasteiger partial charge in [-0.3, -0.25) is 4.79 Å². The van der Waals surface area contributed by atoms with Crippen molar-refractivity contribution in [3.8, 4) is 11.5 Å². The number of hydrogen-bond acceptors (Lipinski definition) is 5. The summed E-state index contributed by atoms with van der Waals surface area (Å²) in [5.41, 5.74) is 4.06. The second kappa shape index (κ2) is 9.44. The van der Waals surface area contributed by atoms with E-state index >= 15 is 0 Å². The lowest BCUT2D eigenvalue weighted by molar-refractivity contribution is 0.0953. The molecule has 0 radical (unpaired) electrons. The number of carbonyl (C=O) groups excluding carboxylic acids is 1. The number of unbranched alkanes of at least 4 members (excludes halogenated alkanes) is 3. The number of ether oxygens (including phenoxy) is 2. The fourth-order valence-electron chi connectivity index (χ4n) is 5.29. The zero-order chi connectivity index (χ0) is 22.9. The molecule has 0 unspecified atom stereocenters. The number of benzene rings is 1. The van der Waals surface area contributed by atoms with Gasteiger partial charge in [0.1, 0.15) is 11.5 Å². The molecule has 1 aromatic heterocycles. The number of aliphatic hydroxyl groups excluding tert-OH is 1. The largest absolute Gasteiger partial charge is 0.496 e. The van der Waals surface area contributed by atoms with E-state index in [0.717, 1.165) is 54.0 Å². The fourth-order valence-corrected chi connectivity index (χ4v) is 6.44. The predicted molar refractivity (Wildman–Crippen MR) is 128 cm³/mol. The van der Waals surface area contributed by atoms with Crippen LogP contribution < -0.4 is 14.8 Å². The summed E-state index contributed by atoms with van der Waals surface area (Å²) in [6.07, 6.45) is 4.92. The maximum atomic E-state index is 13.0. The lowest BCUT2D eigenvalue weighted by Crippen LogP contribution is -2.23. The number of nitrogens with one attached hydrogen (secondary N) is 1. The topological polar surface area (TPSA) is 67.8 Å². The van der Waals surface area contributed by atoms with Crippen LogP contribution in [0.4, 0.5) is 0 Å². The van der Waals surface area contributed by atoms with Crippen LogP contribution >= 0.6 is 11.3 Å². The van der Waals surface area contributed by atoms with Crippen molar-refractivity contribution in [3.63, 3.8) is 0 Å². The Labute approximate surface area is 195 Å². The van der Waals surface area contributed by atoms with Gasteiger partial charge in [0.2, 0.25) is 0 Å². The van der Waals surface area contributed by atoms with Crippen LogP contribution in [0.5, 0.6) is 11.5 Å². The first-order valence-electron chi connectivity index (χ1n) is 11.7. The van der Waals surface area contributed by atoms with Crippen LogP contribution in [0.25, 0.3) is 0 Å². The molecule has 1 amide bonds. The Morgan fingerprint density at radius 3 is 2.78 bits per heavy atom. The summed E-state index contributed by atoms with van der Waals surface area (Å²) in [6, 6.07) is 5.78. The molecule has 1 saturated carbocycles. The van der Waals surface area contributed by atoms with E-state index in [1.54, 1.807) is 18.4 Å². The monoisotopic (exact) mass is 457 g/mol. The van der Waals surface area contributed by atoms with E-state index in [0.29, 0.717) is 30.4 Å². The maximum Gasteiger partial charge on any atom is 0.261 e. The highest BCUT2D eigenvalue weighted by atomic mass is 32.1. The first-order valence-corrected chi connectivity index (χ1v) is 12.5. The van der Waals surface area contributed by atoms with Crippen LogP contribution in [0, 0.1) is 18.3 Å². The molecule has 5 nitrogen and oxygen atoms in total. The summed E-state index contributed by atoms with van der Waals surface area (Å²) in [5.74, 6) is 2.85. The van der Waals surface area contributed by atoms with E-state index in [1.165, 1.54) is 16.0 Å². The van der Waals surface area contributed by atoms with Gasteiger partial charge in [0.25, 0.3) is 5.91 Å². The minimum atomic E-state index is 0.0173. The van der Waals surface area contributed by atoms with E-state index in [2.05, 4.69) is 26.1 Å². The van der Waals surface area contributed by atoms with Crippen LogP contribution in [0.1, 0.15) is 76.7 Å². The minimum absolute atomic E-state index is 0.0173. The molecule has 174 valence electrons. The number of fused-ring (bicyclic) bond motifs is 3. The van der Waals surface area contributed by atoms with Crippen molar-refractivity contribution in [2.75, 3.05) is 20.3 Å². The molecule has 2 atom stereocenters. The Morgan fingerprint density at radius 1 is 1.25 bits per heavy atom. The highest BCUT2D eigenvalue weighted by molar-refractivity contribution is 7.14. The molecule has 1 fully saturated rings. The summed E-state index contributed by atoms with van der Waals surface area (Å²) in [6.45, 7) is 8.17. The molecule has 6 heteroatoms. The van der Waals surface area contributed by atoms with Crippen molar-refractivity contribution in [3.05, 3.63) is 44.6 Å². The summed E-state index contributed by atoms with van der Waals surface area (Å²) in [4.78, 5) is 15.2. The summed E-state index contributed by atoms with van der Waals surface area (Å²) in [5, 5.41) is 11.9. The number of thiophene rings is 1. The van der Waals surface area contributed by atoms with Crippen LogP contribution in [-0.4, -0.2) is 31.3 Å². The molecule has 0 spiro atoms. The molecule has 2 N–H and O–H groups in total. The second-order valence-electron chi connectivity index (χ2n) is 9.63. The molecule has 2 aromatic rings. The Kier molecular flexibility index (Phi) is 6.82. The number of methoxy groups -OCH3 is 1. The molecule has 0 aliphatic heterocycles. The van der Waals surface area contributed by atoms with Crippen molar-refractivity contribution in [1.82, 2.24) is 5.32 Å². The third-order valence-electron chi connectivity index (χ3n) is 7.24. The number of aliphatic hydroxyl groups is 1. The third-order valence-corrected chi connectivity index (χ3v) is 8.41. The molecule has 1 aromatic carbocycles. The van der Waals surface area contributed by atoms with Gasteiger partial charge >= 0.3 is 0 Å². The van der Waals surface area contributed by atoms with Crippen molar-refractivity contribution in [1.29, 1.82) is 0 Å². The lowest BCUT2D eigenvalue weighted by Gasteiger charge is -2.13. The van der Waals surface area contributed by atoms with Gasteiger partial charge in [-0.1, -0.05) is 20.3 Å². The van der Waals surface area contributed by atoms with Gasteiger partial charge in [-0.15, -0.1) is 11.3 Å². The van der Waals surface area contributed by atoms with E-state index in [1.807, 2.05) is 18.2 Å². The van der Waals surface area contributed by atoms with Gasteiger partial charge in [0.15, 0.2) is 0 Å².